The number of anilines is 1. The molecular formula is C14H12ClN3O. The molecule has 1 aromatic heterocycles. The molecule has 0 atom stereocenters. The van der Waals surface area contributed by atoms with E-state index in [-0.39, 0.29) is 0 Å². The zero-order chi connectivity index (χ0) is 13.4. The maximum absolute atomic E-state index is 5.96. The predicted molar refractivity (Wildman–Crippen MR) is 76.7 cm³/mol. The molecule has 3 rings (SSSR count). The summed E-state index contributed by atoms with van der Waals surface area (Å²) in [6.45, 7) is 0. The van der Waals surface area contributed by atoms with Gasteiger partial charge in [-0.1, -0.05) is 11.6 Å². The first-order chi connectivity index (χ1) is 9.13. The Morgan fingerprint density at radius 1 is 1.16 bits per heavy atom. The van der Waals surface area contributed by atoms with E-state index in [1.165, 1.54) is 0 Å². The van der Waals surface area contributed by atoms with E-state index in [1.807, 2.05) is 29.8 Å². The number of hydrogen-bond donors (Lipinski definition) is 1. The minimum atomic E-state index is 0.483. The molecule has 0 spiro atoms. The maximum Gasteiger partial charge on any atom is 0.129 e. The van der Waals surface area contributed by atoms with E-state index < -0.39 is 0 Å². The topological polar surface area (TPSA) is 53.1 Å². The van der Waals surface area contributed by atoms with Gasteiger partial charge in [-0.3, -0.25) is 0 Å². The number of nitrogens with two attached hydrogens (primary N) is 1. The van der Waals surface area contributed by atoms with Gasteiger partial charge in [-0.2, -0.15) is 0 Å². The summed E-state index contributed by atoms with van der Waals surface area (Å²) in [7, 11) is 1.95. The van der Waals surface area contributed by atoms with Crippen molar-refractivity contribution in [1.82, 2.24) is 9.55 Å². The van der Waals surface area contributed by atoms with Gasteiger partial charge in [-0.05, 0) is 24.3 Å². The molecule has 0 aliphatic rings. The number of aryl methyl sites for hydroxylation is 1. The standard InChI is InChI=1S/C14H12ClN3O/c1-18-8-17-13-7-10(3-5-14(13)18)19-9-2-4-12(16)11(15)6-9/h2-8H,16H2,1H3. The summed E-state index contributed by atoms with van der Waals surface area (Å²) in [5.74, 6) is 1.36. The lowest BCUT2D eigenvalue weighted by molar-refractivity contribution is 0.483. The fraction of sp³-hybridized carbons (Fsp3) is 0.0714. The molecule has 3 aromatic rings. The van der Waals surface area contributed by atoms with Crippen molar-refractivity contribution in [3.8, 4) is 11.5 Å². The summed E-state index contributed by atoms with van der Waals surface area (Å²) in [5, 5.41) is 0.483. The van der Waals surface area contributed by atoms with E-state index in [4.69, 9.17) is 22.1 Å². The Bertz CT molecular complexity index is 752. The van der Waals surface area contributed by atoms with Crippen LogP contribution in [0.15, 0.2) is 42.7 Å². The van der Waals surface area contributed by atoms with Crippen LogP contribution in [0.4, 0.5) is 5.69 Å². The number of rotatable bonds is 2. The van der Waals surface area contributed by atoms with Crippen molar-refractivity contribution in [2.45, 2.75) is 0 Å². The van der Waals surface area contributed by atoms with Crippen LogP contribution in [0, 0.1) is 0 Å². The van der Waals surface area contributed by atoms with Crippen LogP contribution in [-0.2, 0) is 7.05 Å². The van der Waals surface area contributed by atoms with Gasteiger partial charge in [0.05, 0.1) is 28.1 Å². The van der Waals surface area contributed by atoms with Gasteiger partial charge in [0, 0.05) is 19.2 Å². The van der Waals surface area contributed by atoms with E-state index in [9.17, 15) is 0 Å². The van der Waals surface area contributed by atoms with Crippen molar-refractivity contribution in [3.05, 3.63) is 47.7 Å². The fourth-order valence-electron chi connectivity index (χ4n) is 1.89. The van der Waals surface area contributed by atoms with Gasteiger partial charge in [0.2, 0.25) is 0 Å². The highest BCUT2D eigenvalue weighted by atomic mass is 35.5. The molecule has 19 heavy (non-hydrogen) atoms. The molecule has 96 valence electrons. The summed E-state index contributed by atoms with van der Waals surface area (Å²) in [5.41, 5.74) is 8.14. The third-order valence-electron chi connectivity index (χ3n) is 2.90. The van der Waals surface area contributed by atoms with Crippen molar-refractivity contribution >= 4 is 28.3 Å². The van der Waals surface area contributed by atoms with Gasteiger partial charge in [-0.15, -0.1) is 0 Å². The van der Waals surface area contributed by atoms with E-state index in [2.05, 4.69) is 4.98 Å². The second-order valence-electron chi connectivity index (χ2n) is 4.29. The lowest BCUT2D eigenvalue weighted by Crippen LogP contribution is -1.89. The molecule has 0 saturated heterocycles. The highest BCUT2D eigenvalue weighted by Crippen LogP contribution is 2.29. The number of imidazole rings is 1. The summed E-state index contributed by atoms with van der Waals surface area (Å²) >= 11 is 5.96. The van der Waals surface area contributed by atoms with Gasteiger partial charge in [-0.25, -0.2) is 4.98 Å². The van der Waals surface area contributed by atoms with E-state index in [1.54, 1.807) is 24.5 Å². The average Bonchev–Trinajstić information content (AvgIpc) is 2.75. The normalized spacial score (nSPS) is 10.8. The summed E-state index contributed by atoms with van der Waals surface area (Å²) < 4.78 is 7.70. The molecule has 0 fully saturated rings. The van der Waals surface area contributed by atoms with Crippen LogP contribution >= 0.6 is 11.6 Å². The first-order valence-electron chi connectivity index (χ1n) is 5.77. The van der Waals surface area contributed by atoms with Gasteiger partial charge in [0.15, 0.2) is 0 Å². The van der Waals surface area contributed by atoms with Crippen LogP contribution in [0.1, 0.15) is 0 Å². The van der Waals surface area contributed by atoms with Gasteiger partial charge >= 0.3 is 0 Å². The zero-order valence-corrected chi connectivity index (χ0v) is 11.1. The molecule has 0 unspecified atom stereocenters. The number of fused-ring (bicyclic) bond motifs is 1. The SMILES string of the molecule is Cn1cnc2cc(Oc3ccc(N)c(Cl)c3)ccc21. The monoisotopic (exact) mass is 273 g/mol. The minimum Gasteiger partial charge on any atom is -0.457 e. The number of ether oxygens (including phenoxy) is 1. The molecular weight excluding hydrogens is 262 g/mol. The molecule has 0 aliphatic carbocycles. The van der Waals surface area contributed by atoms with Crippen molar-refractivity contribution in [3.63, 3.8) is 0 Å². The molecule has 0 radical (unpaired) electrons. The lowest BCUT2D eigenvalue weighted by atomic mass is 10.3. The lowest BCUT2D eigenvalue weighted by Gasteiger charge is -2.07. The summed E-state index contributed by atoms with van der Waals surface area (Å²) in [6, 6.07) is 10.9. The Hall–Kier alpha value is -2.20. The Kier molecular flexibility index (Phi) is 2.80. The molecule has 0 aliphatic heterocycles. The molecule has 0 amide bonds. The van der Waals surface area contributed by atoms with E-state index in [0.29, 0.717) is 22.2 Å². The van der Waals surface area contributed by atoms with E-state index in [0.717, 1.165) is 11.0 Å². The second-order valence-corrected chi connectivity index (χ2v) is 4.70. The highest BCUT2D eigenvalue weighted by molar-refractivity contribution is 6.33. The number of halogens is 1. The van der Waals surface area contributed by atoms with Crippen LogP contribution in [-0.4, -0.2) is 9.55 Å². The van der Waals surface area contributed by atoms with Gasteiger partial charge in [0.1, 0.15) is 11.5 Å². The van der Waals surface area contributed by atoms with Crippen LogP contribution in [0.25, 0.3) is 11.0 Å². The Balaban J connectivity index is 1.94. The van der Waals surface area contributed by atoms with Crippen LogP contribution in [0.2, 0.25) is 5.02 Å². The largest absolute Gasteiger partial charge is 0.457 e. The number of benzene rings is 2. The summed E-state index contributed by atoms with van der Waals surface area (Å²) in [6.07, 6.45) is 1.77. The Morgan fingerprint density at radius 2 is 1.89 bits per heavy atom. The number of nitrogens with zero attached hydrogens (tertiary/aromatic N) is 2. The minimum absolute atomic E-state index is 0.483. The second kappa shape index (κ2) is 4.48. The number of nitrogen functional groups attached to an aromatic ring is 1. The number of hydrogen-bond acceptors (Lipinski definition) is 3. The maximum atomic E-state index is 5.96. The average molecular weight is 274 g/mol. The fourth-order valence-corrected chi connectivity index (χ4v) is 2.06. The molecule has 2 aromatic carbocycles. The molecule has 0 bridgehead atoms. The predicted octanol–water partition coefficient (Wildman–Crippen LogP) is 3.60. The first-order valence-corrected chi connectivity index (χ1v) is 6.15. The quantitative estimate of drug-likeness (QED) is 0.726. The Labute approximate surface area is 115 Å². The van der Waals surface area contributed by atoms with Crippen LogP contribution in [0.5, 0.6) is 11.5 Å². The van der Waals surface area contributed by atoms with Crippen molar-refractivity contribution in [2.24, 2.45) is 7.05 Å². The van der Waals surface area contributed by atoms with Crippen molar-refractivity contribution < 1.29 is 4.74 Å². The van der Waals surface area contributed by atoms with Gasteiger partial charge in [0.25, 0.3) is 0 Å². The smallest absolute Gasteiger partial charge is 0.129 e. The van der Waals surface area contributed by atoms with E-state index >= 15 is 0 Å². The highest BCUT2D eigenvalue weighted by Gasteiger charge is 2.04. The van der Waals surface area contributed by atoms with Crippen LogP contribution in [0.3, 0.4) is 0 Å². The Morgan fingerprint density at radius 3 is 2.68 bits per heavy atom. The third kappa shape index (κ3) is 2.22. The summed E-state index contributed by atoms with van der Waals surface area (Å²) in [4.78, 5) is 4.29. The van der Waals surface area contributed by atoms with Crippen LogP contribution < -0.4 is 10.5 Å². The molecule has 4 nitrogen and oxygen atoms in total. The number of aromatic nitrogens is 2. The molecule has 2 N–H and O–H groups in total. The molecule has 1 heterocycles. The van der Waals surface area contributed by atoms with Crippen molar-refractivity contribution in [1.29, 1.82) is 0 Å². The first kappa shape index (κ1) is 11.9. The van der Waals surface area contributed by atoms with Gasteiger partial charge < -0.3 is 15.0 Å². The molecule has 5 heteroatoms. The molecule has 0 saturated carbocycles. The zero-order valence-electron chi connectivity index (χ0n) is 10.3. The third-order valence-corrected chi connectivity index (χ3v) is 3.23. The van der Waals surface area contributed by atoms with Crippen molar-refractivity contribution in [2.75, 3.05) is 5.73 Å².